The zero-order valence-electron chi connectivity index (χ0n) is 14.2. The molecule has 5 N–H and O–H groups in total. The Kier molecular flexibility index (Phi) is 6.62. The summed E-state index contributed by atoms with van der Waals surface area (Å²) in [6.07, 6.45) is -0.126. The van der Waals surface area contributed by atoms with Crippen molar-refractivity contribution in [3.05, 3.63) is 58.4 Å². The van der Waals surface area contributed by atoms with E-state index in [9.17, 15) is 4.39 Å². The Morgan fingerprint density at radius 2 is 1.81 bits per heavy atom. The molecular weight excluding hydrogens is 361 g/mol. The minimum Gasteiger partial charge on any atom is -0.490 e. The Bertz CT molecular complexity index is 726. The van der Waals surface area contributed by atoms with Crippen LogP contribution >= 0.6 is 11.6 Å². The van der Waals surface area contributed by atoms with Crippen LogP contribution in [0.4, 0.5) is 4.39 Å². The van der Waals surface area contributed by atoms with Gasteiger partial charge >= 0.3 is 0 Å². The van der Waals surface area contributed by atoms with Gasteiger partial charge in [-0.2, -0.15) is 11.1 Å². The molecule has 0 aliphatic carbocycles. The zero-order valence-corrected chi connectivity index (χ0v) is 15.0. The molecule has 2 aromatic carbocycles. The van der Waals surface area contributed by atoms with Crippen molar-refractivity contribution >= 4 is 11.6 Å². The predicted octanol–water partition coefficient (Wildman–Crippen LogP) is 1.95. The number of hydrogen-bond acceptors (Lipinski definition) is 7. The molecule has 1 heterocycles. The van der Waals surface area contributed by atoms with Crippen LogP contribution in [0.5, 0.6) is 11.5 Å². The highest BCUT2D eigenvalue weighted by Crippen LogP contribution is 2.37. The zero-order chi connectivity index (χ0) is 18.4. The monoisotopic (exact) mass is 381 g/mol. The first kappa shape index (κ1) is 18.8. The molecular formula is C17H21ClFN5O2. The van der Waals surface area contributed by atoms with E-state index < -0.39 is 0 Å². The summed E-state index contributed by atoms with van der Waals surface area (Å²) in [5.74, 6) is 0.764. The lowest BCUT2D eigenvalue weighted by Gasteiger charge is -2.17. The minimum atomic E-state index is -0.282. The van der Waals surface area contributed by atoms with E-state index >= 15 is 0 Å². The topological polar surface area (TPSA) is 78.6 Å². The predicted molar refractivity (Wildman–Crippen MR) is 96.5 cm³/mol. The quantitative estimate of drug-likeness (QED) is 0.478. The van der Waals surface area contributed by atoms with Crippen LogP contribution in [0.15, 0.2) is 36.4 Å². The maximum Gasteiger partial charge on any atom is 0.180 e. The van der Waals surface area contributed by atoms with Gasteiger partial charge in [0.15, 0.2) is 11.5 Å². The summed E-state index contributed by atoms with van der Waals surface area (Å²) >= 11 is 6.41. The largest absolute Gasteiger partial charge is 0.490 e. The lowest BCUT2D eigenvalue weighted by molar-refractivity contribution is 0.269. The van der Waals surface area contributed by atoms with E-state index in [2.05, 4.69) is 27.2 Å². The third-order valence-corrected chi connectivity index (χ3v) is 3.95. The molecule has 1 aliphatic rings. The lowest BCUT2D eigenvalue weighted by Crippen LogP contribution is -2.46. The summed E-state index contributed by atoms with van der Waals surface area (Å²) in [7, 11) is 0. The molecule has 0 spiro atoms. The Hall–Kier alpha value is -1.94. The molecule has 0 bridgehead atoms. The van der Waals surface area contributed by atoms with Crippen molar-refractivity contribution in [3.8, 4) is 11.5 Å². The Morgan fingerprint density at radius 3 is 2.50 bits per heavy atom. The first-order valence-electron chi connectivity index (χ1n) is 8.22. The smallest absolute Gasteiger partial charge is 0.180 e. The van der Waals surface area contributed by atoms with Crippen molar-refractivity contribution in [2.24, 2.45) is 0 Å². The van der Waals surface area contributed by atoms with Crippen molar-refractivity contribution in [3.63, 3.8) is 0 Å². The van der Waals surface area contributed by atoms with Gasteiger partial charge in [-0.1, -0.05) is 23.7 Å². The highest BCUT2D eigenvalue weighted by molar-refractivity contribution is 6.32. The van der Waals surface area contributed by atoms with Crippen molar-refractivity contribution in [1.82, 2.24) is 27.2 Å². The van der Waals surface area contributed by atoms with E-state index in [4.69, 9.17) is 21.1 Å². The van der Waals surface area contributed by atoms with Crippen LogP contribution < -0.4 is 36.7 Å². The second kappa shape index (κ2) is 9.13. The molecule has 1 saturated heterocycles. The molecule has 3 rings (SSSR count). The highest BCUT2D eigenvalue weighted by Gasteiger charge is 2.15. The summed E-state index contributed by atoms with van der Waals surface area (Å²) < 4.78 is 24.5. The first-order valence-corrected chi connectivity index (χ1v) is 8.60. The highest BCUT2D eigenvalue weighted by atomic mass is 35.5. The normalized spacial score (nSPS) is 14.6. The second-order valence-corrected chi connectivity index (χ2v) is 6.01. The third kappa shape index (κ3) is 5.04. The maximum absolute atomic E-state index is 13.0. The lowest BCUT2D eigenvalue weighted by atomic mass is 10.2. The number of hydrazine groups is 3. The Morgan fingerprint density at radius 1 is 1.08 bits per heavy atom. The van der Waals surface area contributed by atoms with Crippen LogP contribution in [0.2, 0.25) is 5.02 Å². The fraction of sp³-hybridized carbons (Fsp3) is 0.294. The van der Waals surface area contributed by atoms with Crippen LogP contribution in [0, 0.1) is 5.82 Å². The first-order chi connectivity index (χ1) is 12.7. The molecule has 2 aromatic rings. The molecule has 0 unspecified atom stereocenters. The second-order valence-electron chi connectivity index (χ2n) is 5.61. The molecule has 0 aromatic heterocycles. The van der Waals surface area contributed by atoms with E-state index in [-0.39, 0.29) is 18.7 Å². The maximum atomic E-state index is 13.0. The van der Waals surface area contributed by atoms with Gasteiger partial charge < -0.3 is 9.47 Å². The van der Waals surface area contributed by atoms with Gasteiger partial charge in [-0.25, -0.2) is 15.2 Å². The summed E-state index contributed by atoms with van der Waals surface area (Å²) in [4.78, 5) is 0. The number of rotatable bonds is 8. The Labute approximate surface area is 156 Å². The minimum absolute atomic E-state index is 0.126. The summed E-state index contributed by atoms with van der Waals surface area (Å²) in [6, 6.07) is 9.85. The molecule has 26 heavy (non-hydrogen) atoms. The van der Waals surface area contributed by atoms with Gasteiger partial charge in [-0.3, -0.25) is 5.32 Å². The van der Waals surface area contributed by atoms with Crippen molar-refractivity contribution in [1.29, 1.82) is 0 Å². The van der Waals surface area contributed by atoms with Crippen molar-refractivity contribution in [2.45, 2.75) is 26.4 Å². The van der Waals surface area contributed by atoms with E-state index in [0.717, 1.165) is 11.1 Å². The van der Waals surface area contributed by atoms with Crippen molar-refractivity contribution in [2.75, 3.05) is 6.61 Å². The van der Waals surface area contributed by atoms with Crippen LogP contribution in [0.1, 0.15) is 18.1 Å². The van der Waals surface area contributed by atoms with Gasteiger partial charge in [-0.05, 0) is 42.3 Å². The number of ether oxygens (including phenoxy) is 2. The number of hydrogen-bond donors (Lipinski definition) is 5. The molecule has 1 aliphatic heterocycles. The summed E-state index contributed by atoms with van der Waals surface area (Å²) in [5.41, 5.74) is 13.1. The number of nitrogens with one attached hydrogen (secondary N) is 5. The average Bonchev–Trinajstić information content (AvgIpc) is 3.14. The molecule has 0 amide bonds. The van der Waals surface area contributed by atoms with Gasteiger partial charge in [0.25, 0.3) is 0 Å². The number of halogens is 2. The average molecular weight is 382 g/mol. The summed E-state index contributed by atoms with van der Waals surface area (Å²) in [6.45, 7) is 3.21. The van der Waals surface area contributed by atoms with Crippen molar-refractivity contribution < 1.29 is 13.9 Å². The Balaban J connectivity index is 1.69. The van der Waals surface area contributed by atoms with Crippen LogP contribution in [0.25, 0.3) is 0 Å². The number of benzene rings is 2. The standard InChI is InChI=1S/C17H21ClFN5O2/c1-2-25-15-8-12(9-20-17-21-23-24-22-17)7-14(18)16(15)26-10-11-3-5-13(19)6-4-11/h3-8,17,20-24H,2,9-10H2,1H3. The molecule has 0 radical (unpaired) electrons. The molecule has 9 heteroatoms. The van der Waals surface area contributed by atoms with Gasteiger partial charge in [0.2, 0.25) is 0 Å². The molecule has 0 atom stereocenters. The third-order valence-electron chi connectivity index (χ3n) is 3.67. The van der Waals surface area contributed by atoms with Crippen LogP contribution in [-0.4, -0.2) is 12.9 Å². The van der Waals surface area contributed by atoms with E-state index in [1.165, 1.54) is 12.1 Å². The van der Waals surface area contributed by atoms with Gasteiger partial charge in [-0.15, -0.1) is 0 Å². The summed E-state index contributed by atoms with van der Waals surface area (Å²) in [5, 5.41) is 3.70. The van der Waals surface area contributed by atoms with Gasteiger partial charge in [0.1, 0.15) is 18.7 Å². The van der Waals surface area contributed by atoms with Gasteiger partial charge in [0, 0.05) is 6.54 Å². The molecule has 7 nitrogen and oxygen atoms in total. The van der Waals surface area contributed by atoms with Crippen LogP contribution in [-0.2, 0) is 13.2 Å². The molecule has 1 fully saturated rings. The van der Waals surface area contributed by atoms with E-state index in [1.54, 1.807) is 12.1 Å². The van der Waals surface area contributed by atoms with E-state index in [0.29, 0.717) is 29.7 Å². The molecule has 140 valence electrons. The molecule has 0 saturated carbocycles. The fourth-order valence-corrected chi connectivity index (χ4v) is 2.72. The fourth-order valence-electron chi connectivity index (χ4n) is 2.44. The SMILES string of the molecule is CCOc1cc(CNC2NNNN2)cc(Cl)c1OCc1ccc(F)cc1. The van der Waals surface area contributed by atoms with E-state index in [1.807, 2.05) is 19.1 Å². The van der Waals surface area contributed by atoms with Crippen LogP contribution in [0.3, 0.4) is 0 Å². The van der Waals surface area contributed by atoms with Gasteiger partial charge in [0.05, 0.1) is 11.6 Å².